The minimum atomic E-state index is -0.725. The molecule has 26 heavy (non-hydrogen) atoms. The summed E-state index contributed by atoms with van der Waals surface area (Å²) < 4.78 is 0. The Morgan fingerprint density at radius 3 is 2.58 bits per heavy atom. The lowest BCUT2D eigenvalue weighted by atomic mass is 9.91. The van der Waals surface area contributed by atoms with Crippen molar-refractivity contribution in [2.75, 3.05) is 13.1 Å². The van der Waals surface area contributed by atoms with Crippen LogP contribution in [0.3, 0.4) is 0 Å². The van der Waals surface area contributed by atoms with E-state index in [4.69, 9.17) is 23.2 Å². The van der Waals surface area contributed by atoms with Crippen molar-refractivity contribution in [1.82, 2.24) is 4.90 Å². The second kappa shape index (κ2) is 8.43. The maximum atomic E-state index is 11.5. The summed E-state index contributed by atoms with van der Waals surface area (Å²) in [6.45, 7) is 3.50. The lowest BCUT2D eigenvalue weighted by molar-refractivity contribution is -0.143. The van der Waals surface area contributed by atoms with Crippen molar-refractivity contribution < 1.29 is 9.90 Å². The van der Waals surface area contributed by atoms with Crippen LogP contribution in [0.25, 0.3) is 0 Å². The fourth-order valence-corrected chi connectivity index (χ4v) is 4.20. The van der Waals surface area contributed by atoms with E-state index >= 15 is 0 Å². The van der Waals surface area contributed by atoms with Gasteiger partial charge in [-0.1, -0.05) is 60.5 Å². The second-order valence-electron chi connectivity index (χ2n) is 6.84. The van der Waals surface area contributed by atoms with Crippen molar-refractivity contribution in [1.29, 1.82) is 0 Å². The van der Waals surface area contributed by atoms with Gasteiger partial charge >= 0.3 is 5.97 Å². The highest BCUT2D eigenvalue weighted by molar-refractivity contribution is 6.35. The second-order valence-corrected chi connectivity index (χ2v) is 7.68. The molecule has 1 aliphatic rings. The third-order valence-corrected chi connectivity index (χ3v) is 5.69. The quantitative estimate of drug-likeness (QED) is 0.737. The summed E-state index contributed by atoms with van der Waals surface area (Å²) in [7, 11) is 0. The normalized spacial score (nSPS) is 19.3. The third kappa shape index (κ3) is 4.22. The summed E-state index contributed by atoms with van der Waals surface area (Å²) in [6, 6.07) is 14.0. The van der Waals surface area contributed by atoms with Crippen LogP contribution in [-0.4, -0.2) is 29.1 Å². The van der Waals surface area contributed by atoms with Gasteiger partial charge in [-0.3, -0.25) is 9.69 Å². The van der Waals surface area contributed by atoms with E-state index < -0.39 is 5.97 Å². The van der Waals surface area contributed by atoms with E-state index in [2.05, 4.69) is 36.1 Å². The summed E-state index contributed by atoms with van der Waals surface area (Å²) in [6.07, 6.45) is 2.57. The molecule has 5 heteroatoms. The van der Waals surface area contributed by atoms with E-state index in [-0.39, 0.29) is 12.0 Å². The van der Waals surface area contributed by atoms with Gasteiger partial charge in [0.1, 0.15) is 0 Å². The van der Waals surface area contributed by atoms with Gasteiger partial charge in [0.05, 0.1) is 12.0 Å². The van der Waals surface area contributed by atoms with Gasteiger partial charge in [0.15, 0.2) is 0 Å². The molecule has 0 amide bonds. The van der Waals surface area contributed by atoms with Gasteiger partial charge < -0.3 is 5.11 Å². The van der Waals surface area contributed by atoms with Crippen LogP contribution in [0, 0.1) is 5.92 Å². The number of aryl methyl sites for hydroxylation is 1. The number of hydrogen-bond donors (Lipinski definition) is 1. The number of likely N-dealkylation sites (tertiary alicyclic amines) is 1. The summed E-state index contributed by atoms with van der Waals surface area (Å²) >= 11 is 12.6. The third-order valence-electron chi connectivity index (χ3n) is 5.13. The highest BCUT2D eigenvalue weighted by Gasteiger charge is 2.32. The van der Waals surface area contributed by atoms with Crippen molar-refractivity contribution in [3.05, 3.63) is 69.2 Å². The van der Waals surface area contributed by atoms with E-state index in [0.717, 1.165) is 36.9 Å². The predicted octanol–water partition coefficient (Wildman–Crippen LogP) is 5.44. The molecule has 0 spiro atoms. The van der Waals surface area contributed by atoms with Crippen LogP contribution in [0.4, 0.5) is 0 Å². The molecule has 3 nitrogen and oxygen atoms in total. The number of hydrogen-bond acceptors (Lipinski definition) is 2. The molecule has 3 rings (SSSR count). The highest BCUT2D eigenvalue weighted by atomic mass is 35.5. The van der Waals surface area contributed by atoms with Gasteiger partial charge in [-0.15, -0.1) is 0 Å². The highest BCUT2D eigenvalue weighted by Crippen LogP contribution is 2.37. The molecular weight excluding hydrogens is 369 g/mol. The molecule has 2 aromatic carbocycles. The average Bonchev–Trinajstić information content (AvgIpc) is 2.64. The first-order valence-corrected chi connectivity index (χ1v) is 9.75. The fraction of sp³-hybridized carbons (Fsp3) is 0.381. The van der Waals surface area contributed by atoms with E-state index in [9.17, 15) is 9.90 Å². The van der Waals surface area contributed by atoms with Crippen LogP contribution in [0.1, 0.15) is 42.5 Å². The Hall–Kier alpha value is -1.55. The Bertz CT molecular complexity index is 776. The Kier molecular flexibility index (Phi) is 6.23. The predicted molar refractivity (Wildman–Crippen MR) is 106 cm³/mol. The Balaban J connectivity index is 2.01. The number of rotatable bonds is 5. The number of piperidine rings is 1. The van der Waals surface area contributed by atoms with Gasteiger partial charge in [-0.05, 0) is 54.6 Å². The monoisotopic (exact) mass is 391 g/mol. The summed E-state index contributed by atoms with van der Waals surface area (Å²) in [5.41, 5.74) is 3.36. The summed E-state index contributed by atoms with van der Waals surface area (Å²) in [5, 5.41) is 10.7. The molecule has 0 saturated carbocycles. The molecule has 0 aliphatic carbocycles. The molecule has 138 valence electrons. The minimum absolute atomic E-state index is 0.0761. The van der Waals surface area contributed by atoms with Crippen LogP contribution in [0.5, 0.6) is 0 Å². The Morgan fingerprint density at radius 2 is 1.96 bits per heavy atom. The molecule has 1 heterocycles. The van der Waals surface area contributed by atoms with E-state index in [1.54, 1.807) is 6.07 Å². The lowest BCUT2D eigenvalue weighted by Crippen LogP contribution is -2.41. The van der Waals surface area contributed by atoms with E-state index in [1.165, 1.54) is 5.56 Å². The van der Waals surface area contributed by atoms with Crippen molar-refractivity contribution in [2.45, 2.75) is 32.2 Å². The first kappa shape index (κ1) is 19.2. The molecule has 1 N–H and O–H groups in total. The maximum absolute atomic E-state index is 11.5. The maximum Gasteiger partial charge on any atom is 0.307 e. The molecule has 2 aromatic rings. The van der Waals surface area contributed by atoms with Crippen LogP contribution >= 0.6 is 23.2 Å². The standard InChI is InChI=1S/C21H23Cl2NO2/c1-2-14-5-7-15(8-6-14)20(18-10-9-17(22)12-19(18)23)24-11-3-4-16(13-24)21(25)26/h5-10,12,16,20H,2-4,11,13H2,1H3,(H,25,26). The van der Waals surface area contributed by atoms with Gasteiger partial charge in [0.2, 0.25) is 0 Å². The number of carbonyl (C=O) groups is 1. The zero-order chi connectivity index (χ0) is 18.7. The first-order valence-electron chi connectivity index (χ1n) is 9.00. The Morgan fingerprint density at radius 1 is 1.23 bits per heavy atom. The van der Waals surface area contributed by atoms with Crippen molar-refractivity contribution >= 4 is 29.2 Å². The molecule has 2 unspecified atom stereocenters. The lowest BCUT2D eigenvalue weighted by Gasteiger charge is -2.38. The van der Waals surface area contributed by atoms with Crippen molar-refractivity contribution in [2.24, 2.45) is 5.92 Å². The van der Waals surface area contributed by atoms with Crippen molar-refractivity contribution in [3.63, 3.8) is 0 Å². The number of carboxylic acid groups (broad SMARTS) is 1. The first-order chi connectivity index (χ1) is 12.5. The molecule has 0 aromatic heterocycles. The summed E-state index contributed by atoms with van der Waals surface area (Å²) in [5.74, 6) is -1.07. The fourth-order valence-electron chi connectivity index (χ4n) is 3.69. The van der Waals surface area contributed by atoms with Crippen LogP contribution in [-0.2, 0) is 11.2 Å². The van der Waals surface area contributed by atoms with Gasteiger partial charge in [0, 0.05) is 16.6 Å². The molecule has 0 radical (unpaired) electrons. The largest absolute Gasteiger partial charge is 0.481 e. The van der Waals surface area contributed by atoms with Crippen LogP contribution in [0.2, 0.25) is 10.0 Å². The minimum Gasteiger partial charge on any atom is -0.481 e. The van der Waals surface area contributed by atoms with Crippen LogP contribution in [0.15, 0.2) is 42.5 Å². The number of carboxylic acids is 1. The topological polar surface area (TPSA) is 40.5 Å². The smallest absolute Gasteiger partial charge is 0.307 e. The van der Waals surface area contributed by atoms with Gasteiger partial charge in [-0.25, -0.2) is 0 Å². The van der Waals surface area contributed by atoms with Crippen LogP contribution < -0.4 is 0 Å². The molecular formula is C21H23Cl2NO2. The molecule has 1 fully saturated rings. The number of benzene rings is 2. The molecule has 1 aliphatic heterocycles. The number of aliphatic carboxylic acids is 1. The molecule has 1 saturated heterocycles. The Labute approximate surface area is 164 Å². The van der Waals surface area contributed by atoms with Gasteiger partial charge in [0.25, 0.3) is 0 Å². The molecule has 0 bridgehead atoms. The zero-order valence-electron chi connectivity index (χ0n) is 14.8. The average molecular weight is 392 g/mol. The van der Waals surface area contributed by atoms with Crippen molar-refractivity contribution in [3.8, 4) is 0 Å². The van der Waals surface area contributed by atoms with E-state index in [1.807, 2.05) is 12.1 Å². The summed E-state index contributed by atoms with van der Waals surface area (Å²) in [4.78, 5) is 13.8. The SMILES string of the molecule is CCc1ccc(C(c2ccc(Cl)cc2Cl)N2CCCC(C(=O)O)C2)cc1. The number of nitrogens with zero attached hydrogens (tertiary/aromatic N) is 1. The van der Waals surface area contributed by atoms with Gasteiger partial charge in [-0.2, -0.15) is 0 Å². The zero-order valence-corrected chi connectivity index (χ0v) is 16.3. The molecule has 2 atom stereocenters. The van der Waals surface area contributed by atoms with E-state index in [0.29, 0.717) is 16.6 Å². The number of halogens is 2.